The lowest BCUT2D eigenvalue weighted by Gasteiger charge is -2.31. The molecule has 84 valence electrons. The van der Waals surface area contributed by atoms with Gasteiger partial charge in [0.2, 0.25) is 0 Å². The van der Waals surface area contributed by atoms with Crippen LogP contribution in [0.3, 0.4) is 0 Å². The van der Waals surface area contributed by atoms with E-state index in [1.54, 1.807) is 6.08 Å². The molecule has 0 aromatic carbocycles. The molecule has 0 aromatic heterocycles. The van der Waals surface area contributed by atoms with Crippen LogP contribution in [0.1, 0.15) is 39.0 Å². The molecule has 2 unspecified atom stereocenters. The molecule has 0 aliphatic carbocycles. The Morgan fingerprint density at radius 1 is 1.43 bits per heavy atom. The highest BCUT2D eigenvalue weighted by Gasteiger charge is 2.33. The van der Waals surface area contributed by atoms with Crippen LogP contribution in [-0.2, 0) is 0 Å². The lowest BCUT2D eigenvalue weighted by Crippen LogP contribution is -2.44. The Morgan fingerprint density at radius 2 is 2.07 bits per heavy atom. The molecule has 0 saturated carbocycles. The van der Waals surface area contributed by atoms with Crippen LogP contribution in [0.5, 0.6) is 0 Å². The third kappa shape index (κ3) is 4.22. The molecule has 0 spiro atoms. The molecule has 0 bridgehead atoms. The molecular formula is C11H22O3. The molecule has 2 atom stereocenters. The van der Waals surface area contributed by atoms with Gasteiger partial charge in [-0.1, -0.05) is 32.3 Å². The van der Waals surface area contributed by atoms with Crippen LogP contribution < -0.4 is 0 Å². The first kappa shape index (κ1) is 13.6. The van der Waals surface area contributed by atoms with Gasteiger partial charge in [0.15, 0.2) is 0 Å². The number of unbranched alkanes of at least 4 members (excludes halogenated alkanes) is 2. The summed E-state index contributed by atoms with van der Waals surface area (Å²) in [7, 11) is 0. The third-order valence-electron chi connectivity index (χ3n) is 2.50. The fourth-order valence-corrected chi connectivity index (χ4v) is 1.51. The number of aliphatic hydroxyl groups excluding tert-OH is 2. The monoisotopic (exact) mass is 202 g/mol. The van der Waals surface area contributed by atoms with Crippen molar-refractivity contribution in [3.05, 3.63) is 12.7 Å². The number of hydrogen-bond acceptors (Lipinski definition) is 3. The molecule has 0 fully saturated rings. The van der Waals surface area contributed by atoms with Gasteiger partial charge >= 0.3 is 0 Å². The van der Waals surface area contributed by atoms with E-state index in [4.69, 9.17) is 5.11 Å². The van der Waals surface area contributed by atoms with E-state index < -0.39 is 18.3 Å². The minimum atomic E-state index is -1.20. The molecule has 0 aliphatic heterocycles. The molecule has 0 rings (SSSR count). The molecule has 3 heteroatoms. The first-order chi connectivity index (χ1) is 6.60. The minimum absolute atomic E-state index is 0.318. The predicted octanol–water partition coefficient (Wildman–Crippen LogP) is 1.23. The molecule has 0 aromatic rings. The lowest BCUT2D eigenvalue weighted by molar-refractivity contribution is -0.0983. The Labute approximate surface area is 86.1 Å². The van der Waals surface area contributed by atoms with Crippen molar-refractivity contribution in [2.24, 2.45) is 0 Å². The summed E-state index contributed by atoms with van der Waals surface area (Å²) in [6.07, 6.45) is 4.28. The average molecular weight is 202 g/mol. The van der Waals surface area contributed by atoms with Gasteiger partial charge in [-0.3, -0.25) is 0 Å². The Bertz CT molecular complexity index is 159. The van der Waals surface area contributed by atoms with Gasteiger partial charge in [0.1, 0.15) is 6.10 Å². The minimum Gasteiger partial charge on any atom is -0.394 e. The fourth-order valence-electron chi connectivity index (χ4n) is 1.51. The molecular weight excluding hydrogens is 180 g/mol. The van der Waals surface area contributed by atoms with E-state index in [0.29, 0.717) is 12.8 Å². The van der Waals surface area contributed by atoms with E-state index in [1.807, 2.05) is 0 Å². The van der Waals surface area contributed by atoms with Crippen LogP contribution in [0.4, 0.5) is 0 Å². The lowest BCUT2D eigenvalue weighted by atomic mass is 9.87. The highest BCUT2D eigenvalue weighted by Crippen LogP contribution is 2.23. The van der Waals surface area contributed by atoms with E-state index in [1.165, 1.54) is 0 Å². The first-order valence-electron chi connectivity index (χ1n) is 5.23. The van der Waals surface area contributed by atoms with Gasteiger partial charge in [0.05, 0.1) is 12.2 Å². The maximum absolute atomic E-state index is 10.0. The van der Waals surface area contributed by atoms with Crippen LogP contribution in [0.2, 0.25) is 0 Å². The van der Waals surface area contributed by atoms with Crippen LogP contribution >= 0.6 is 0 Å². The van der Waals surface area contributed by atoms with Crippen molar-refractivity contribution in [3.8, 4) is 0 Å². The zero-order valence-electron chi connectivity index (χ0n) is 8.95. The molecule has 14 heavy (non-hydrogen) atoms. The van der Waals surface area contributed by atoms with E-state index in [0.717, 1.165) is 19.3 Å². The number of hydrogen-bond donors (Lipinski definition) is 3. The maximum atomic E-state index is 10.0. The van der Waals surface area contributed by atoms with Gasteiger partial charge in [-0.2, -0.15) is 0 Å². The van der Waals surface area contributed by atoms with Crippen molar-refractivity contribution < 1.29 is 15.3 Å². The van der Waals surface area contributed by atoms with Crippen LogP contribution in [0, 0.1) is 0 Å². The number of aliphatic hydroxyl groups is 3. The summed E-state index contributed by atoms with van der Waals surface area (Å²) in [4.78, 5) is 0. The summed E-state index contributed by atoms with van der Waals surface area (Å²) in [6.45, 7) is 5.21. The zero-order valence-corrected chi connectivity index (χ0v) is 8.95. The van der Waals surface area contributed by atoms with Crippen LogP contribution in [0.25, 0.3) is 0 Å². The highest BCUT2D eigenvalue weighted by atomic mass is 16.4. The molecule has 0 heterocycles. The Morgan fingerprint density at radius 3 is 2.50 bits per heavy atom. The van der Waals surface area contributed by atoms with Crippen molar-refractivity contribution in [2.75, 3.05) is 6.61 Å². The third-order valence-corrected chi connectivity index (χ3v) is 2.50. The molecule has 0 amide bonds. The summed E-state index contributed by atoms with van der Waals surface area (Å²) in [5.41, 5.74) is -1.20. The Hall–Kier alpha value is -0.380. The molecule has 0 saturated heterocycles. The van der Waals surface area contributed by atoms with Crippen molar-refractivity contribution in [1.29, 1.82) is 0 Å². The van der Waals surface area contributed by atoms with Gasteiger partial charge in [-0.05, 0) is 12.8 Å². The summed E-state index contributed by atoms with van der Waals surface area (Å²) < 4.78 is 0. The summed E-state index contributed by atoms with van der Waals surface area (Å²) in [5.74, 6) is 0. The van der Waals surface area contributed by atoms with Gasteiger partial charge < -0.3 is 15.3 Å². The molecule has 3 N–H and O–H groups in total. The maximum Gasteiger partial charge on any atom is 0.106 e. The summed E-state index contributed by atoms with van der Waals surface area (Å²) in [5, 5.41) is 28.3. The molecule has 3 nitrogen and oxygen atoms in total. The topological polar surface area (TPSA) is 60.7 Å². The van der Waals surface area contributed by atoms with Gasteiger partial charge in [0, 0.05) is 0 Å². The largest absolute Gasteiger partial charge is 0.394 e. The summed E-state index contributed by atoms with van der Waals surface area (Å²) >= 11 is 0. The van der Waals surface area contributed by atoms with E-state index in [9.17, 15) is 10.2 Å². The quantitative estimate of drug-likeness (QED) is 0.410. The standard InChI is InChI=1S/C11H22O3/c1-3-5-6-8-11(14,7-4-2)10(13)9-12/h4,10,12-14H,2-3,5-9H2,1H3. The SMILES string of the molecule is C=CCC(O)(CCCCC)C(O)CO. The van der Waals surface area contributed by atoms with Crippen molar-refractivity contribution in [3.63, 3.8) is 0 Å². The van der Waals surface area contributed by atoms with Crippen molar-refractivity contribution in [1.82, 2.24) is 0 Å². The summed E-state index contributed by atoms with van der Waals surface area (Å²) in [6, 6.07) is 0. The van der Waals surface area contributed by atoms with Crippen LogP contribution in [0.15, 0.2) is 12.7 Å². The zero-order chi connectivity index (χ0) is 11.0. The second-order valence-electron chi connectivity index (χ2n) is 3.75. The Balaban J connectivity index is 4.15. The number of rotatable bonds is 8. The van der Waals surface area contributed by atoms with Gasteiger partial charge in [-0.15, -0.1) is 6.58 Å². The van der Waals surface area contributed by atoms with E-state index in [2.05, 4.69) is 13.5 Å². The van der Waals surface area contributed by atoms with E-state index in [-0.39, 0.29) is 0 Å². The van der Waals surface area contributed by atoms with Crippen molar-refractivity contribution in [2.45, 2.75) is 50.7 Å². The second-order valence-corrected chi connectivity index (χ2v) is 3.75. The molecule has 0 aliphatic rings. The first-order valence-corrected chi connectivity index (χ1v) is 5.23. The van der Waals surface area contributed by atoms with E-state index >= 15 is 0 Å². The van der Waals surface area contributed by atoms with Gasteiger partial charge in [0.25, 0.3) is 0 Å². The van der Waals surface area contributed by atoms with Crippen LogP contribution in [-0.4, -0.2) is 33.6 Å². The second kappa shape index (κ2) is 6.98. The Kier molecular flexibility index (Phi) is 6.79. The van der Waals surface area contributed by atoms with Crippen molar-refractivity contribution >= 4 is 0 Å². The highest BCUT2D eigenvalue weighted by molar-refractivity contribution is 4.92. The predicted molar refractivity (Wildman–Crippen MR) is 57.0 cm³/mol. The normalized spacial score (nSPS) is 17.4. The average Bonchev–Trinajstić information content (AvgIpc) is 2.17. The smallest absolute Gasteiger partial charge is 0.106 e. The molecule has 0 radical (unpaired) electrons. The fraction of sp³-hybridized carbons (Fsp3) is 0.818. The van der Waals surface area contributed by atoms with Gasteiger partial charge in [-0.25, -0.2) is 0 Å².